The predicted molar refractivity (Wildman–Crippen MR) is 109 cm³/mol. The lowest BCUT2D eigenvalue weighted by molar-refractivity contribution is -0.149. The van der Waals surface area contributed by atoms with Crippen molar-refractivity contribution in [3.05, 3.63) is 48.0 Å². The van der Waals surface area contributed by atoms with Crippen LogP contribution < -0.4 is 15.5 Å². The van der Waals surface area contributed by atoms with Gasteiger partial charge < -0.3 is 15.5 Å². The van der Waals surface area contributed by atoms with Gasteiger partial charge in [0.05, 0.1) is 11.3 Å². The maximum Gasteiger partial charge on any atom is 0.408 e. The Kier molecular flexibility index (Phi) is 5.63. The molecular weight excluding hydrogens is 412 g/mol. The van der Waals surface area contributed by atoms with Gasteiger partial charge in [0.2, 0.25) is 0 Å². The Morgan fingerprint density at radius 3 is 2.61 bits per heavy atom. The molecule has 0 bridgehead atoms. The zero-order chi connectivity index (χ0) is 22.2. The normalized spacial score (nSPS) is 22.2. The maximum absolute atomic E-state index is 13.5. The summed E-state index contributed by atoms with van der Waals surface area (Å²) in [6.45, 7) is 3.12. The first-order valence-corrected chi connectivity index (χ1v) is 10.3. The van der Waals surface area contributed by atoms with Gasteiger partial charge in [-0.2, -0.15) is 13.2 Å². The molecule has 3 heterocycles. The summed E-state index contributed by atoms with van der Waals surface area (Å²) >= 11 is 0. The number of nitrogens with zero attached hydrogens (tertiary/aromatic N) is 2. The van der Waals surface area contributed by atoms with Crippen molar-refractivity contribution in [3.63, 3.8) is 0 Å². The third-order valence-electron chi connectivity index (χ3n) is 6.16. The van der Waals surface area contributed by atoms with Crippen LogP contribution in [-0.4, -0.2) is 48.3 Å². The van der Waals surface area contributed by atoms with Crippen molar-refractivity contribution in [1.29, 1.82) is 0 Å². The van der Waals surface area contributed by atoms with Crippen LogP contribution >= 0.6 is 0 Å². The highest BCUT2D eigenvalue weighted by Crippen LogP contribution is 2.39. The Morgan fingerprint density at radius 2 is 1.97 bits per heavy atom. The first kappa shape index (κ1) is 21.5. The van der Waals surface area contributed by atoms with E-state index in [0.717, 1.165) is 32.7 Å². The van der Waals surface area contributed by atoms with Crippen molar-refractivity contribution < 1.29 is 22.4 Å². The quantitative estimate of drug-likeness (QED) is 0.714. The lowest BCUT2D eigenvalue weighted by atomic mass is 9.96. The third-order valence-corrected chi connectivity index (χ3v) is 6.16. The zero-order valence-electron chi connectivity index (χ0n) is 17.1. The molecule has 2 saturated heterocycles. The molecule has 0 radical (unpaired) electrons. The highest BCUT2D eigenvalue weighted by molar-refractivity contribution is 6.03. The van der Waals surface area contributed by atoms with E-state index in [-0.39, 0.29) is 11.1 Å². The molecule has 0 saturated carbocycles. The van der Waals surface area contributed by atoms with Gasteiger partial charge in [-0.3, -0.25) is 9.78 Å². The average molecular weight is 436 g/mol. The minimum absolute atomic E-state index is 0.0592. The highest BCUT2D eigenvalue weighted by Gasteiger charge is 2.42. The van der Waals surface area contributed by atoms with E-state index in [1.54, 1.807) is 18.3 Å². The number of rotatable bonds is 4. The van der Waals surface area contributed by atoms with Gasteiger partial charge in [-0.15, -0.1) is 0 Å². The number of carbonyl (C=O) groups excluding carboxylic acids is 1. The summed E-state index contributed by atoms with van der Waals surface area (Å²) in [7, 11) is 0. The van der Waals surface area contributed by atoms with Gasteiger partial charge in [0.25, 0.3) is 5.91 Å². The van der Waals surface area contributed by atoms with Gasteiger partial charge in [0.15, 0.2) is 0 Å². The van der Waals surface area contributed by atoms with Crippen molar-refractivity contribution in [2.75, 3.05) is 24.5 Å². The lowest BCUT2D eigenvalue weighted by Gasteiger charge is -2.28. The van der Waals surface area contributed by atoms with Crippen LogP contribution in [0.2, 0.25) is 0 Å². The smallest absolute Gasteiger partial charge is 0.368 e. The van der Waals surface area contributed by atoms with Crippen molar-refractivity contribution in [2.24, 2.45) is 0 Å². The molecule has 166 valence electrons. The summed E-state index contributed by atoms with van der Waals surface area (Å²) in [5.41, 5.74) is 1.77. The zero-order valence-corrected chi connectivity index (χ0v) is 17.1. The Balaban J connectivity index is 1.75. The summed E-state index contributed by atoms with van der Waals surface area (Å²) in [4.78, 5) is 19.0. The molecule has 0 aliphatic carbocycles. The molecule has 4 rings (SSSR count). The first-order valence-electron chi connectivity index (χ1n) is 10.3. The van der Waals surface area contributed by atoms with Gasteiger partial charge in [-0.05, 0) is 50.4 Å². The van der Waals surface area contributed by atoms with Crippen LogP contribution in [0.5, 0.6) is 0 Å². The number of aromatic nitrogens is 1. The molecule has 1 spiro atoms. The van der Waals surface area contributed by atoms with E-state index in [4.69, 9.17) is 0 Å². The molecule has 2 N–H and O–H groups in total. The van der Waals surface area contributed by atoms with Crippen molar-refractivity contribution >= 4 is 11.6 Å². The summed E-state index contributed by atoms with van der Waals surface area (Å²) in [5.74, 6) is -1.24. The van der Waals surface area contributed by atoms with E-state index in [2.05, 4.69) is 10.3 Å². The topological polar surface area (TPSA) is 57.3 Å². The summed E-state index contributed by atoms with van der Waals surface area (Å²) in [6, 6.07) is 3.78. The molecule has 9 heteroatoms. The summed E-state index contributed by atoms with van der Waals surface area (Å²) in [5, 5.41) is 5.59. The van der Waals surface area contributed by atoms with Crippen LogP contribution in [0, 0.1) is 5.82 Å². The van der Waals surface area contributed by atoms with Crippen LogP contribution in [-0.2, 0) is 0 Å². The SMILES string of the molecule is C[C@@H](NC(=O)c1cncc(-c2ccc(F)cc2)c1N1CCC2(CCCN2)C1)C(F)(F)F. The minimum Gasteiger partial charge on any atom is -0.368 e. The molecule has 2 aromatic rings. The van der Waals surface area contributed by atoms with E-state index >= 15 is 0 Å². The number of amides is 1. The number of alkyl halides is 3. The van der Waals surface area contributed by atoms with Crippen LogP contribution in [0.15, 0.2) is 36.7 Å². The average Bonchev–Trinajstić information content (AvgIpc) is 3.37. The second-order valence-corrected chi connectivity index (χ2v) is 8.31. The maximum atomic E-state index is 13.5. The van der Waals surface area contributed by atoms with Crippen LogP contribution in [0.3, 0.4) is 0 Å². The molecule has 2 aliphatic rings. The van der Waals surface area contributed by atoms with Gasteiger partial charge in [-0.1, -0.05) is 12.1 Å². The molecule has 5 nitrogen and oxygen atoms in total. The van der Waals surface area contributed by atoms with Crippen LogP contribution in [0.25, 0.3) is 11.1 Å². The van der Waals surface area contributed by atoms with Gasteiger partial charge in [0.1, 0.15) is 11.9 Å². The van der Waals surface area contributed by atoms with Gasteiger partial charge >= 0.3 is 6.18 Å². The van der Waals surface area contributed by atoms with Crippen molar-refractivity contribution in [2.45, 2.75) is 43.9 Å². The number of carbonyl (C=O) groups is 1. The number of hydrogen-bond donors (Lipinski definition) is 2. The van der Waals surface area contributed by atoms with E-state index in [0.29, 0.717) is 29.9 Å². The molecule has 1 amide bonds. The molecule has 2 atom stereocenters. The van der Waals surface area contributed by atoms with Gasteiger partial charge in [-0.25, -0.2) is 4.39 Å². The van der Waals surface area contributed by atoms with E-state index < -0.39 is 23.9 Å². The summed E-state index contributed by atoms with van der Waals surface area (Å²) < 4.78 is 52.5. The fourth-order valence-electron chi connectivity index (χ4n) is 4.44. The Morgan fingerprint density at radius 1 is 1.23 bits per heavy atom. The predicted octanol–water partition coefficient (Wildman–Crippen LogP) is 3.90. The Labute approximate surface area is 177 Å². The Hall–Kier alpha value is -2.68. The lowest BCUT2D eigenvalue weighted by Crippen LogP contribution is -2.44. The monoisotopic (exact) mass is 436 g/mol. The number of anilines is 1. The van der Waals surface area contributed by atoms with E-state index in [9.17, 15) is 22.4 Å². The number of pyridine rings is 1. The standard InChI is InChI=1S/C22H24F4N4O/c1-14(22(24,25)26)29-20(31)18-12-27-11-17(15-3-5-16(23)6-4-15)19(18)30-10-8-21(13-30)7-2-9-28-21/h3-6,11-12,14,28H,2,7-10,13H2,1H3,(H,29,31)/t14-,21?/m1/s1. The number of benzene rings is 1. The van der Waals surface area contributed by atoms with Crippen LogP contribution in [0.1, 0.15) is 36.5 Å². The molecule has 1 unspecified atom stereocenters. The number of halogens is 4. The Bertz CT molecular complexity index is 955. The van der Waals surface area contributed by atoms with E-state index in [1.807, 2.05) is 10.2 Å². The molecule has 1 aromatic heterocycles. The first-order chi connectivity index (χ1) is 14.7. The second-order valence-electron chi connectivity index (χ2n) is 8.31. The van der Waals surface area contributed by atoms with Gasteiger partial charge in [0, 0.05) is 36.6 Å². The molecule has 31 heavy (non-hydrogen) atoms. The largest absolute Gasteiger partial charge is 0.408 e. The summed E-state index contributed by atoms with van der Waals surface area (Å²) in [6.07, 6.45) is 1.26. The number of nitrogens with one attached hydrogen (secondary N) is 2. The number of hydrogen-bond acceptors (Lipinski definition) is 4. The fraction of sp³-hybridized carbons (Fsp3) is 0.455. The van der Waals surface area contributed by atoms with Crippen molar-refractivity contribution in [3.8, 4) is 11.1 Å². The molecule has 1 aromatic carbocycles. The highest BCUT2D eigenvalue weighted by atomic mass is 19.4. The molecule has 2 fully saturated rings. The fourth-order valence-corrected chi connectivity index (χ4v) is 4.44. The van der Waals surface area contributed by atoms with Crippen LogP contribution in [0.4, 0.5) is 23.2 Å². The third kappa shape index (κ3) is 4.37. The minimum atomic E-state index is -4.55. The molecule has 2 aliphatic heterocycles. The molecular formula is C22H24F4N4O. The van der Waals surface area contributed by atoms with Crippen molar-refractivity contribution in [1.82, 2.24) is 15.6 Å². The second kappa shape index (κ2) is 8.11. The van der Waals surface area contributed by atoms with E-state index in [1.165, 1.54) is 18.3 Å².